The third-order valence-electron chi connectivity index (χ3n) is 4.44. The topological polar surface area (TPSA) is 67.4 Å². The van der Waals surface area contributed by atoms with E-state index in [1.807, 2.05) is 0 Å². The van der Waals surface area contributed by atoms with E-state index in [1.165, 1.54) is 18.6 Å². The zero-order valence-electron chi connectivity index (χ0n) is 18.1. The number of alkyl halides is 9. The predicted octanol–water partition coefficient (Wildman–Crippen LogP) is 7.11. The highest BCUT2D eigenvalue weighted by Gasteiger charge is 2.46. The van der Waals surface area contributed by atoms with Crippen molar-refractivity contribution in [2.24, 2.45) is 0 Å². The summed E-state index contributed by atoms with van der Waals surface area (Å²) in [4.78, 5) is 5.02. The van der Waals surface area contributed by atoms with Crippen molar-refractivity contribution in [3.8, 4) is 0 Å². The Labute approximate surface area is 203 Å². The second-order valence-corrected chi connectivity index (χ2v) is 9.48. The molecule has 36 heavy (non-hydrogen) atoms. The number of hydrogen-bond acceptors (Lipinski definition) is 4. The van der Waals surface area contributed by atoms with Gasteiger partial charge in [-0.1, -0.05) is 23.2 Å². The maximum absolute atomic E-state index is 13.3. The van der Waals surface area contributed by atoms with Gasteiger partial charge >= 0.3 is 27.9 Å². The average Bonchev–Trinajstić information content (AvgIpc) is 2.70. The SMILES string of the molecule is CC(C)=C(NOCc1ccc(C(F)(F)F)cc1C(F)(F)F)c1cc(Cl)ccc1NS(=O)(=O)C(F)(F)F. The lowest BCUT2D eigenvalue weighted by atomic mass is 10.0. The highest BCUT2D eigenvalue weighted by molar-refractivity contribution is 7.93. The van der Waals surface area contributed by atoms with Gasteiger partial charge in [-0.2, -0.15) is 47.9 Å². The Morgan fingerprint density at radius 3 is 2.03 bits per heavy atom. The summed E-state index contributed by atoms with van der Waals surface area (Å²) in [5, 5.41) is -0.0393. The van der Waals surface area contributed by atoms with E-state index < -0.39 is 56.9 Å². The third-order valence-corrected chi connectivity index (χ3v) is 5.78. The second-order valence-electron chi connectivity index (χ2n) is 7.37. The standard InChI is InChI=1S/C20H16ClF9N2O3S/c1-10(2)17(14-8-13(21)5-6-16(14)32-36(33,34)20(28,29)30)31-35-9-11-3-4-12(18(22,23)24)7-15(11)19(25,26)27/h3-8,31-32H,9H2,1-2H3. The van der Waals surface area contributed by atoms with Crippen LogP contribution in [0.2, 0.25) is 5.02 Å². The summed E-state index contributed by atoms with van der Waals surface area (Å²) in [5.41, 5.74) is -8.00. The molecule has 0 aliphatic rings. The van der Waals surface area contributed by atoms with Crippen molar-refractivity contribution in [2.75, 3.05) is 4.72 Å². The molecule has 200 valence electrons. The summed E-state index contributed by atoms with van der Waals surface area (Å²) in [6.45, 7) is 1.90. The van der Waals surface area contributed by atoms with Gasteiger partial charge in [-0.3, -0.25) is 15.0 Å². The first kappa shape index (κ1) is 29.6. The van der Waals surface area contributed by atoms with Gasteiger partial charge in [0.1, 0.15) is 6.61 Å². The van der Waals surface area contributed by atoms with E-state index in [0.717, 1.165) is 18.2 Å². The monoisotopic (exact) mass is 570 g/mol. The maximum atomic E-state index is 13.3. The number of allylic oxidation sites excluding steroid dienone is 1. The molecule has 0 unspecified atom stereocenters. The van der Waals surface area contributed by atoms with Crippen LogP contribution < -0.4 is 10.2 Å². The number of hydrogen-bond donors (Lipinski definition) is 2. The molecule has 2 N–H and O–H groups in total. The first-order valence-corrected chi connectivity index (χ1v) is 11.3. The van der Waals surface area contributed by atoms with Crippen LogP contribution in [-0.4, -0.2) is 13.9 Å². The average molecular weight is 571 g/mol. The third kappa shape index (κ3) is 7.20. The molecule has 0 amide bonds. The molecule has 0 radical (unpaired) electrons. The van der Waals surface area contributed by atoms with Crippen molar-refractivity contribution >= 4 is 33.0 Å². The first-order valence-electron chi connectivity index (χ1n) is 9.45. The van der Waals surface area contributed by atoms with Gasteiger partial charge < -0.3 is 0 Å². The van der Waals surface area contributed by atoms with E-state index >= 15 is 0 Å². The lowest BCUT2D eigenvalue weighted by Crippen LogP contribution is -2.30. The van der Waals surface area contributed by atoms with Crippen molar-refractivity contribution in [2.45, 2.75) is 38.3 Å². The number of sulfonamides is 1. The number of hydroxylamine groups is 1. The molecular formula is C20H16ClF9N2O3S. The van der Waals surface area contributed by atoms with Crippen LogP contribution in [0.15, 0.2) is 42.0 Å². The maximum Gasteiger partial charge on any atom is 0.516 e. The molecule has 5 nitrogen and oxygen atoms in total. The predicted molar refractivity (Wildman–Crippen MR) is 113 cm³/mol. The molecule has 0 fully saturated rings. The number of benzene rings is 2. The number of rotatable bonds is 7. The number of nitrogens with one attached hydrogen (secondary N) is 2. The molecule has 2 aromatic carbocycles. The zero-order valence-corrected chi connectivity index (χ0v) is 19.7. The van der Waals surface area contributed by atoms with Crippen molar-refractivity contribution in [3.63, 3.8) is 0 Å². The molecular weight excluding hydrogens is 555 g/mol. The van der Waals surface area contributed by atoms with Crippen LogP contribution in [0.1, 0.15) is 36.1 Å². The van der Waals surface area contributed by atoms with Gasteiger partial charge in [0.05, 0.1) is 22.5 Å². The van der Waals surface area contributed by atoms with Crippen molar-refractivity contribution in [1.29, 1.82) is 0 Å². The zero-order chi connectivity index (χ0) is 27.7. The van der Waals surface area contributed by atoms with Gasteiger partial charge in [-0.05, 0) is 49.7 Å². The second kappa shape index (κ2) is 10.4. The minimum atomic E-state index is -5.85. The number of halogens is 10. The van der Waals surface area contributed by atoms with Gasteiger partial charge in [0.15, 0.2) is 0 Å². The normalized spacial score (nSPS) is 12.9. The van der Waals surface area contributed by atoms with Gasteiger partial charge in [-0.25, -0.2) is 0 Å². The summed E-state index contributed by atoms with van der Waals surface area (Å²) >= 11 is 5.87. The Balaban J connectivity index is 2.38. The molecule has 2 aromatic rings. The Bertz CT molecular complexity index is 1250. The minimum absolute atomic E-state index is 0.0393. The molecule has 0 aliphatic carbocycles. The van der Waals surface area contributed by atoms with Gasteiger partial charge in [0.25, 0.3) is 0 Å². The fourth-order valence-corrected chi connectivity index (χ4v) is 3.53. The Morgan fingerprint density at radius 2 is 1.53 bits per heavy atom. The highest BCUT2D eigenvalue weighted by atomic mass is 35.5. The van der Waals surface area contributed by atoms with E-state index in [0.29, 0.717) is 12.1 Å². The van der Waals surface area contributed by atoms with Crippen molar-refractivity contribution in [1.82, 2.24) is 5.48 Å². The van der Waals surface area contributed by atoms with E-state index in [-0.39, 0.29) is 27.9 Å². The van der Waals surface area contributed by atoms with Crippen LogP contribution in [-0.2, 0) is 33.8 Å². The van der Waals surface area contributed by atoms with Crippen LogP contribution in [0.5, 0.6) is 0 Å². The van der Waals surface area contributed by atoms with Gasteiger partial charge in [-0.15, -0.1) is 0 Å². The van der Waals surface area contributed by atoms with Crippen LogP contribution in [0.3, 0.4) is 0 Å². The van der Waals surface area contributed by atoms with Crippen LogP contribution in [0.4, 0.5) is 45.2 Å². The summed E-state index contributed by atoms with van der Waals surface area (Å²) < 4.78 is 141. The summed E-state index contributed by atoms with van der Waals surface area (Å²) in [6.07, 6.45) is -10.2. The molecule has 0 aromatic heterocycles. The molecule has 0 saturated carbocycles. The largest absolute Gasteiger partial charge is 0.516 e. The molecule has 16 heteroatoms. The van der Waals surface area contributed by atoms with Gasteiger partial charge in [0.2, 0.25) is 0 Å². The minimum Gasteiger partial charge on any atom is -0.275 e. The van der Waals surface area contributed by atoms with Crippen molar-refractivity contribution in [3.05, 3.63) is 69.2 Å². The van der Waals surface area contributed by atoms with E-state index in [4.69, 9.17) is 16.4 Å². The molecule has 0 atom stereocenters. The Hall–Kier alpha value is -2.65. The first-order chi connectivity index (χ1) is 16.2. The number of anilines is 1. The summed E-state index contributed by atoms with van der Waals surface area (Å²) in [6, 6.07) is 3.98. The lowest BCUT2D eigenvalue weighted by molar-refractivity contribution is -0.144. The summed E-state index contributed by atoms with van der Waals surface area (Å²) in [7, 11) is -5.85. The molecule has 0 saturated heterocycles. The fourth-order valence-electron chi connectivity index (χ4n) is 2.77. The molecule has 0 spiro atoms. The Morgan fingerprint density at radius 1 is 0.917 bits per heavy atom. The lowest BCUT2D eigenvalue weighted by Gasteiger charge is -2.20. The molecule has 0 heterocycles. The van der Waals surface area contributed by atoms with Crippen LogP contribution in [0.25, 0.3) is 5.70 Å². The molecule has 0 aliphatic heterocycles. The highest BCUT2D eigenvalue weighted by Crippen LogP contribution is 2.38. The fraction of sp³-hybridized carbons (Fsp3) is 0.300. The van der Waals surface area contributed by atoms with Crippen molar-refractivity contribution < 1.29 is 52.8 Å². The van der Waals surface area contributed by atoms with E-state index in [9.17, 15) is 47.9 Å². The quantitative estimate of drug-likeness (QED) is 0.275. The van der Waals surface area contributed by atoms with Gasteiger partial charge in [0, 0.05) is 10.6 Å². The summed E-state index contributed by atoms with van der Waals surface area (Å²) in [5.74, 6) is 0. The van der Waals surface area contributed by atoms with Crippen LogP contribution in [0, 0.1) is 0 Å². The molecule has 0 bridgehead atoms. The smallest absolute Gasteiger partial charge is 0.275 e. The van der Waals surface area contributed by atoms with Crippen LogP contribution >= 0.6 is 11.6 Å². The molecule has 2 rings (SSSR count). The Kier molecular flexibility index (Phi) is 8.53. The van der Waals surface area contributed by atoms with E-state index in [2.05, 4.69) is 5.48 Å². The van der Waals surface area contributed by atoms with E-state index in [1.54, 1.807) is 0 Å².